The molecular formula is C14H24Cl3N3O3S2. The van der Waals surface area contributed by atoms with Gasteiger partial charge in [0.05, 0.1) is 11.5 Å². The lowest BCUT2D eigenvalue weighted by Crippen LogP contribution is -2.58. The lowest BCUT2D eigenvalue weighted by Gasteiger charge is -2.28. The van der Waals surface area contributed by atoms with Crippen LogP contribution in [0, 0.1) is 0 Å². The number of unbranched alkanes of at least 4 members (excludes halogenated alkanes) is 3. The third kappa shape index (κ3) is 9.47. The minimum atomic E-state index is -3.03. The van der Waals surface area contributed by atoms with Crippen molar-refractivity contribution in [1.29, 1.82) is 0 Å². The average molecular weight is 453 g/mol. The van der Waals surface area contributed by atoms with Gasteiger partial charge in [-0.2, -0.15) is 0 Å². The molecule has 1 aliphatic heterocycles. The Kier molecular flexibility index (Phi) is 9.53. The van der Waals surface area contributed by atoms with Crippen molar-refractivity contribution in [2.75, 3.05) is 11.5 Å². The summed E-state index contributed by atoms with van der Waals surface area (Å²) in [6, 6.07) is -0.286. The van der Waals surface area contributed by atoms with E-state index >= 15 is 0 Å². The Morgan fingerprint density at radius 3 is 2.44 bits per heavy atom. The molecule has 25 heavy (non-hydrogen) atoms. The fraction of sp³-hybridized carbons (Fsp3) is 0.857. The number of sulfone groups is 1. The van der Waals surface area contributed by atoms with Gasteiger partial charge in [0.15, 0.2) is 14.9 Å². The van der Waals surface area contributed by atoms with E-state index in [1.807, 2.05) is 0 Å². The highest BCUT2D eigenvalue weighted by Crippen LogP contribution is 2.29. The number of carbonyl (C=O) groups is 1. The molecule has 146 valence electrons. The van der Waals surface area contributed by atoms with Crippen molar-refractivity contribution in [2.45, 2.75) is 61.4 Å². The average Bonchev–Trinajstić information content (AvgIpc) is 2.80. The molecule has 2 atom stereocenters. The Hall–Kier alpha value is -0.0200. The van der Waals surface area contributed by atoms with E-state index in [2.05, 4.69) is 22.9 Å². The maximum Gasteiger partial charge on any atom is 0.228 e. The predicted octanol–water partition coefficient (Wildman–Crippen LogP) is 2.42. The van der Waals surface area contributed by atoms with Crippen LogP contribution < -0.4 is 16.0 Å². The van der Waals surface area contributed by atoms with Gasteiger partial charge in [0.25, 0.3) is 0 Å². The number of amides is 1. The van der Waals surface area contributed by atoms with Gasteiger partial charge in [0, 0.05) is 12.5 Å². The molecule has 1 aliphatic rings. The number of rotatable bonds is 8. The van der Waals surface area contributed by atoms with Crippen LogP contribution in [0.1, 0.15) is 45.4 Å². The normalized spacial score (nSPS) is 20.7. The van der Waals surface area contributed by atoms with Crippen LogP contribution in [0.15, 0.2) is 0 Å². The van der Waals surface area contributed by atoms with E-state index in [0.29, 0.717) is 12.8 Å². The summed E-state index contributed by atoms with van der Waals surface area (Å²) in [5.41, 5.74) is 0. The summed E-state index contributed by atoms with van der Waals surface area (Å²) in [7, 11) is -3.03. The van der Waals surface area contributed by atoms with Crippen LogP contribution in [-0.4, -0.2) is 46.9 Å². The third-order valence-electron chi connectivity index (χ3n) is 3.73. The molecule has 1 heterocycles. The SMILES string of the molecule is CCCCCCC(=O)NC(NC(=S)NC1CCS(=O)(=O)C1)C(Cl)(Cl)Cl. The summed E-state index contributed by atoms with van der Waals surface area (Å²) in [5.74, 6) is -0.113. The topological polar surface area (TPSA) is 87.3 Å². The first kappa shape index (κ1) is 23.0. The van der Waals surface area contributed by atoms with Crippen LogP contribution >= 0.6 is 47.0 Å². The molecule has 2 unspecified atom stereocenters. The summed E-state index contributed by atoms with van der Waals surface area (Å²) < 4.78 is 21.1. The van der Waals surface area contributed by atoms with Crippen LogP contribution in [0.4, 0.5) is 0 Å². The number of nitrogens with one attached hydrogen (secondary N) is 3. The highest BCUT2D eigenvalue weighted by Gasteiger charge is 2.35. The van der Waals surface area contributed by atoms with E-state index < -0.39 is 19.8 Å². The molecule has 1 saturated heterocycles. The first-order chi connectivity index (χ1) is 11.5. The van der Waals surface area contributed by atoms with Crippen LogP contribution in [0.3, 0.4) is 0 Å². The third-order valence-corrected chi connectivity index (χ3v) is 6.39. The van der Waals surface area contributed by atoms with Crippen molar-refractivity contribution in [3.05, 3.63) is 0 Å². The van der Waals surface area contributed by atoms with E-state index in [1.165, 1.54) is 0 Å². The second-order valence-corrected chi connectivity index (χ2v) is 11.1. The number of hydrogen-bond donors (Lipinski definition) is 3. The van der Waals surface area contributed by atoms with Gasteiger partial charge in [0.2, 0.25) is 9.70 Å². The van der Waals surface area contributed by atoms with Crippen molar-refractivity contribution in [3.63, 3.8) is 0 Å². The molecule has 11 heteroatoms. The fourth-order valence-corrected chi connectivity index (χ4v) is 4.70. The molecule has 0 aromatic heterocycles. The molecule has 0 saturated carbocycles. The number of hydrogen-bond acceptors (Lipinski definition) is 4. The van der Waals surface area contributed by atoms with Gasteiger partial charge in [-0.25, -0.2) is 8.42 Å². The summed E-state index contributed by atoms with van der Waals surface area (Å²) in [6.07, 6.45) is 3.65. The van der Waals surface area contributed by atoms with E-state index in [-0.39, 0.29) is 28.6 Å². The zero-order valence-electron chi connectivity index (χ0n) is 14.0. The van der Waals surface area contributed by atoms with Gasteiger partial charge >= 0.3 is 0 Å². The summed E-state index contributed by atoms with van der Waals surface area (Å²) in [4.78, 5) is 12.0. The Balaban J connectivity index is 2.50. The largest absolute Gasteiger partial charge is 0.359 e. The molecule has 0 bridgehead atoms. The Morgan fingerprint density at radius 1 is 1.24 bits per heavy atom. The first-order valence-electron chi connectivity index (χ1n) is 8.17. The smallest absolute Gasteiger partial charge is 0.228 e. The standard InChI is InChI=1S/C14H24Cl3N3O3S2/c1-2-3-4-5-6-11(21)19-12(14(15,16)17)20-13(24)18-10-7-8-25(22,23)9-10/h10,12H,2-9H2,1H3,(H,19,21)(H2,18,20,24). The Bertz CT molecular complexity index is 567. The molecule has 0 spiro atoms. The molecule has 1 fully saturated rings. The van der Waals surface area contributed by atoms with Crippen molar-refractivity contribution in [1.82, 2.24) is 16.0 Å². The van der Waals surface area contributed by atoms with Crippen molar-refractivity contribution >= 4 is 67.9 Å². The maximum absolute atomic E-state index is 12.0. The Morgan fingerprint density at radius 2 is 1.92 bits per heavy atom. The van der Waals surface area contributed by atoms with Gasteiger partial charge in [-0.3, -0.25) is 4.79 Å². The van der Waals surface area contributed by atoms with Crippen molar-refractivity contribution in [2.24, 2.45) is 0 Å². The van der Waals surface area contributed by atoms with Gasteiger partial charge in [0.1, 0.15) is 6.17 Å². The molecular weight excluding hydrogens is 429 g/mol. The van der Waals surface area contributed by atoms with Gasteiger partial charge in [-0.1, -0.05) is 61.0 Å². The highest BCUT2D eigenvalue weighted by molar-refractivity contribution is 7.91. The van der Waals surface area contributed by atoms with Crippen molar-refractivity contribution in [3.8, 4) is 0 Å². The van der Waals surface area contributed by atoms with Gasteiger partial charge in [-0.05, 0) is 25.1 Å². The van der Waals surface area contributed by atoms with E-state index in [4.69, 9.17) is 47.0 Å². The number of halogens is 3. The zero-order chi connectivity index (χ0) is 19.1. The molecule has 0 aliphatic carbocycles. The maximum atomic E-state index is 12.0. The van der Waals surface area contributed by atoms with E-state index in [1.54, 1.807) is 0 Å². The summed E-state index contributed by atoms with van der Waals surface area (Å²) in [5, 5.41) is 8.37. The number of alkyl halides is 3. The molecule has 3 N–H and O–H groups in total. The van der Waals surface area contributed by atoms with Crippen LogP contribution in [0.2, 0.25) is 0 Å². The molecule has 6 nitrogen and oxygen atoms in total. The van der Waals surface area contributed by atoms with Crippen molar-refractivity contribution < 1.29 is 13.2 Å². The second kappa shape index (κ2) is 10.3. The van der Waals surface area contributed by atoms with E-state index in [9.17, 15) is 13.2 Å². The number of thiocarbonyl (C=S) groups is 1. The van der Waals surface area contributed by atoms with Crippen LogP contribution in [0.25, 0.3) is 0 Å². The molecule has 1 rings (SSSR count). The van der Waals surface area contributed by atoms with E-state index in [0.717, 1.165) is 25.7 Å². The highest BCUT2D eigenvalue weighted by atomic mass is 35.6. The Labute approximate surface area is 169 Å². The predicted molar refractivity (Wildman–Crippen MR) is 107 cm³/mol. The summed E-state index contributed by atoms with van der Waals surface area (Å²) in [6.45, 7) is 2.09. The minimum Gasteiger partial charge on any atom is -0.359 e. The second-order valence-electron chi connectivity index (χ2n) is 6.07. The van der Waals surface area contributed by atoms with Crippen LogP contribution in [-0.2, 0) is 14.6 Å². The number of carbonyl (C=O) groups excluding carboxylic acids is 1. The van der Waals surface area contributed by atoms with Gasteiger partial charge in [-0.15, -0.1) is 0 Å². The lowest BCUT2D eigenvalue weighted by molar-refractivity contribution is -0.122. The van der Waals surface area contributed by atoms with Gasteiger partial charge < -0.3 is 16.0 Å². The van der Waals surface area contributed by atoms with Crippen LogP contribution in [0.5, 0.6) is 0 Å². The monoisotopic (exact) mass is 451 g/mol. The molecule has 0 radical (unpaired) electrons. The fourth-order valence-electron chi connectivity index (χ4n) is 2.41. The lowest BCUT2D eigenvalue weighted by atomic mass is 10.1. The molecule has 0 aromatic rings. The molecule has 0 aromatic carbocycles. The quantitative estimate of drug-likeness (QED) is 0.227. The zero-order valence-corrected chi connectivity index (χ0v) is 17.9. The molecule has 1 amide bonds. The summed E-state index contributed by atoms with van der Waals surface area (Å²) >= 11 is 22.9. The minimum absolute atomic E-state index is 0.0110. The first-order valence-corrected chi connectivity index (χ1v) is 11.5.